The fourth-order valence-corrected chi connectivity index (χ4v) is 3.58. The Morgan fingerprint density at radius 1 is 1.41 bits per heavy atom. The first-order valence-electron chi connectivity index (χ1n) is 6.23. The van der Waals surface area contributed by atoms with Crippen LogP contribution in [0.15, 0.2) is 12.1 Å². The van der Waals surface area contributed by atoms with Gasteiger partial charge in [0.2, 0.25) is 0 Å². The lowest BCUT2D eigenvalue weighted by molar-refractivity contribution is -0.123. The molecule has 0 amide bonds. The maximum absolute atomic E-state index is 12.2. The zero-order valence-corrected chi connectivity index (χ0v) is 12.0. The number of rotatable bonds is 3. The summed E-state index contributed by atoms with van der Waals surface area (Å²) in [7, 11) is 0. The minimum absolute atomic E-state index is 0.281. The molecule has 0 aliphatic heterocycles. The molecule has 0 atom stereocenters. The third-order valence-corrected chi connectivity index (χ3v) is 5.00. The van der Waals surface area contributed by atoms with Crippen LogP contribution in [-0.2, 0) is 11.2 Å². The second-order valence-electron chi connectivity index (χ2n) is 5.79. The molecule has 1 aliphatic rings. The zero-order valence-electron chi connectivity index (χ0n) is 10.5. The van der Waals surface area contributed by atoms with Crippen molar-refractivity contribution in [2.75, 3.05) is 0 Å². The number of halogens is 1. The lowest BCUT2D eigenvalue weighted by Crippen LogP contribution is -2.26. The van der Waals surface area contributed by atoms with Crippen molar-refractivity contribution in [3.63, 3.8) is 0 Å². The maximum Gasteiger partial charge on any atom is 0.141 e. The van der Waals surface area contributed by atoms with E-state index in [0.717, 1.165) is 22.1 Å². The predicted octanol–water partition coefficient (Wildman–Crippen LogP) is 4.73. The fraction of sp³-hybridized carbons (Fsp3) is 0.643. The summed E-state index contributed by atoms with van der Waals surface area (Å²) in [4.78, 5) is 13.3. The molecular weight excluding hydrogens is 252 g/mol. The van der Waals surface area contributed by atoms with Crippen molar-refractivity contribution in [1.82, 2.24) is 0 Å². The molecule has 3 heteroatoms. The third-order valence-electron chi connectivity index (χ3n) is 3.77. The summed E-state index contributed by atoms with van der Waals surface area (Å²) in [6.45, 7) is 4.60. The number of carbonyl (C=O) groups excluding carboxylic acids is 1. The smallest absolute Gasteiger partial charge is 0.141 e. The minimum Gasteiger partial charge on any atom is -0.299 e. The number of hydrogen-bond acceptors (Lipinski definition) is 2. The molecule has 17 heavy (non-hydrogen) atoms. The van der Waals surface area contributed by atoms with Gasteiger partial charge in [-0.3, -0.25) is 4.79 Å². The van der Waals surface area contributed by atoms with Gasteiger partial charge in [0, 0.05) is 17.2 Å². The molecule has 0 saturated heterocycles. The van der Waals surface area contributed by atoms with Crippen LogP contribution in [0.1, 0.15) is 44.4 Å². The van der Waals surface area contributed by atoms with Crippen LogP contribution in [-0.4, -0.2) is 5.78 Å². The van der Waals surface area contributed by atoms with Crippen LogP contribution in [0.25, 0.3) is 0 Å². The Balaban J connectivity index is 1.89. The Morgan fingerprint density at radius 3 is 2.59 bits per heavy atom. The number of carbonyl (C=O) groups is 1. The van der Waals surface area contributed by atoms with Crippen molar-refractivity contribution >= 4 is 28.7 Å². The highest BCUT2D eigenvalue weighted by molar-refractivity contribution is 7.16. The number of hydrogen-bond donors (Lipinski definition) is 0. The third kappa shape index (κ3) is 3.56. The summed E-state index contributed by atoms with van der Waals surface area (Å²) in [6.07, 6.45) is 5.04. The molecule has 0 bridgehead atoms. The normalized spacial score (nSPS) is 20.4. The number of Topliss-reactive ketones (excluding diaryl/α,β-unsaturated/α-hetero) is 1. The molecule has 0 radical (unpaired) electrons. The van der Waals surface area contributed by atoms with Gasteiger partial charge in [-0.25, -0.2) is 0 Å². The van der Waals surface area contributed by atoms with E-state index in [1.807, 2.05) is 12.1 Å². The van der Waals surface area contributed by atoms with E-state index in [1.165, 1.54) is 24.2 Å². The molecule has 0 N–H and O–H groups in total. The van der Waals surface area contributed by atoms with Gasteiger partial charge in [0.25, 0.3) is 0 Å². The highest BCUT2D eigenvalue weighted by Gasteiger charge is 2.30. The molecule has 1 nitrogen and oxygen atoms in total. The van der Waals surface area contributed by atoms with Crippen LogP contribution in [0.4, 0.5) is 0 Å². The van der Waals surface area contributed by atoms with Crippen molar-refractivity contribution in [3.05, 3.63) is 21.3 Å². The lowest BCUT2D eigenvalue weighted by Gasteiger charge is -2.33. The number of ketones is 1. The summed E-state index contributed by atoms with van der Waals surface area (Å²) in [5.74, 6) is 0.683. The highest BCUT2D eigenvalue weighted by Crippen LogP contribution is 2.38. The summed E-state index contributed by atoms with van der Waals surface area (Å²) < 4.78 is 0.776. The summed E-state index contributed by atoms with van der Waals surface area (Å²) in [5, 5.41) is 0. The average molecular weight is 271 g/mol. The van der Waals surface area contributed by atoms with Gasteiger partial charge in [0.1, 0.15) is 5.78 Å². The van der Waals surface area contributed by atoms with Crippen molar-refractivity contribution in [2.45, 2.75) is 46.0 Å². The van der Waals surface area contributed by atoms with Gasteiger partial charge in [-0.1, -0.05) is 25.4 Å². The van der Waals surface area contributed by atoms with E-state index in [-0.39, 0.29) is 5.92 Å². The second kappa shape index (κ2) is 5.11. The summed E-state index contributed by atoms with van der Waals surface area (Å²) >= 11 is 7.40. The Morgan fingerprint density at radius 2 is 2.06 bits per heavy atom. The molecule has 1 aromatic rings. The minimum atomic E-state index is 0.281. The first-order valence-corrected chi connectivity index (χ1v) is 7.43. The standard InChI is InChI=1S/C14H19ClOS/c1-14(2)7-5-10(6-8-14)12(16)9-11-3-4-13(15)17-11/h3-4,10H,5-9H2,1-2H3. The van der Waals surface area contributed by atoms with Gasteiger partial charge in [-0.15, -0.1) is 11.3 Å². The molecule has 0 aromatic carbocycles. The number of thiophene rings is 1. The van der Waals surface area contributed by atoms with E-state index in [1.54, 1.807) is 0 Å². The van der Waals surface area contributed by atoms with Crippen LogP contribution >= 0.6 is 22.9 Å². The van der Waals surface area contributed by atoms with E-state index >= 15 is 0 Å². The monoisotopic (exact) mass is 270 g/mol. The molecule has 1 aromatic heterocycles. The summed E-state index contributed by atoms with van der Waals surface area (Å²) in [5.41, 5.74) is 0.434. The second-order valence-corrected chi connectivity index (χ2v) is 7.59. The Kier molecular flexibility index (Phi) is 3.94. The molecule has 94 valence electrons. The average Bonchev–Trinajstić information content (AvgIpc) is 2.63. The van der Waals surface area contributed by atoms with E-state index < -0.39 is 0 Å². The van der Waals surface area contributed by atoms with Crippen LogP contribution in [0.2, 0.25) is 4.34 Å². The van der Waals surface area contributed by atoms with Crippen LogP contribution in [0.3, 0.4) is 0 Å². The largest absolute Gasteiger partial charge is 0.299 e. The zero-order chi connectivity index (χ0) is 12.5. The van der Waals surface area contributed by atoms with Gasteiger partial charge in [-0.2, -0.15) is 0 Å². The molecule has 1 aliphatic carbocycles. The van der Waals surface area contributed by atoms with Crippen LogP contribution in [0.5, 0.6) is 0 Å². The first kappa shape index (κ1) is 13.1. The van der Waals surface area contributed by atoms with E-state index in [4.69, 9.17) is 11.6 Å². The topological polar surface area (TPSA) is 17.1 Å². The lowest BCUT2D eigenvalue weighted by atomic mass is 9.71. The van der Waals surface area contributed by atoms with Gasteiger partial charge in [-0.05, 0) is 43.2 Å². The van der Waals surface area contributed by atoms with Crippen molar-refractivity contribution in [1.29, 1.82) is 0 Å². The molecule has 1 fully saturated rings. The van der Waals surface area contributed by atoms with Gasteiger partial charge >= 0.3 is 0 Å². The first-order chi connectivity index (χ1) is 7.96. The van der Waals surface area contributed by atoms with Gasteiger partial charge in [0.05, 0.1) is 4.34 Å². The quantitative estimate of drug-likeness (QED) is 0.776. The maximum atomic E-state index is 12.2. The van der Waals surface area contributed by atoms with Crippen molar-refractivity contribution in [2.24, 2.45) is 11.3 Å². The predicted molar refractivity (Wildman–Crippen MR) is 73.8 cm³/mol. The molecule has 1 saturated carbocycles. The molecule has 0 unspecified atom stereocenters. The molecule has 1 heterocycles. The molecule has 0 spiro atoms. The summed E-state index contributed by atoms with van der Waals surface area (Å²) in [6, 6.07) is 3.84. The Hall–Kier alpha value is -0.340. The van der Waals surface area contributed by atoms with E-state index in [2.05, 4.69) is 13.8 Å². The van der Waals surface area contributed by atoms with Crippen molar-refractivity contribution in [3.8, 4) is 0 Å². The van der Waals surface area contributed by atoms with E-state index in [0.29, 0.717) is 17.6 Å². The SMILES string of the molecule is CC1(C)CCC(C(=O)Cc2ccc(Cl)s2)CC1. The van der Waals surface area contributed by atoms with E-state index in [9.17, 15) is 4.79 Å². The Labute approximate surface area is 112 Å². The van der Waals surface area contributed by atoms with Crippen LogP contribution in [0, 0.1) is 11.3 Å². The Bertz CT molecular complexity index is 398. The van der Waals surface area contributed by atoms with Crippen molar-refractivity contribution < 1.29 is 4.79 Å². The molecular formula is C14H19ClOS. The highest BCUT2D eigenvalue weighted by atomic mass is 35.5. The van der Waals surface area contributed by atoms with Crippen LogP contribution < -0.4 is 0 Å². The van der Waals surface area contributed by atoms with Gasteiger partial charge in [0.15, 0.2) is 0 Å². The molecule has 2 rings (SSSR count). The van der Waals surface area contributed by atoms with Gasteiger partial charge < -0.3 is 0 Å². The fourth-order valence-electron chi connectivity index (χ4n) is 2.48.